The molecule has 2 rings (SSSR count). The predicted molar refractivity (Wildman–Crippen MR) is 90.9 cm³/mol. The third kappa shape index (κ3) is 6.71. The highest BCUT2D eigenvalue weighted by Gasteiger charge is 2.17. The molecule has 6 nitrogen and oxygen atoms in total. The largest absolute Gasteiger partial charge is 0.744 e. The molecule has 2 aromatic carbocycles. The summed E-state index contributed by atoms with van der Waals surface area (Å²) in [5.41, 5.74) is 1.51. The van der Waals surface area contributed by atoms with Crippen molar-refractivity contribution in [3.8, 4) is 0 Å². The molecular weight excluding hydrogens is 457 g/mol. The number of hydrogen-bond acceptors (Lipinski definition) is 5. The Morgan fingerprint density at radius 3 is 1.88 bits per heavy atom. The summed E-state index contributed by atoms with van der Waals surface area (Å²) in [4.78, 5) is 8.99. The van der Waals surface area contributed by atoms with Crippen LogP contribution in [0.3, 0.4) is 0 Å². The Labute approximate surface area is 161 Å². The highest BCUT2D eigenvalue weighted by atomic mass is 127. The first kappa shape index (κ1) is 21.5. The van der Waals surface area contributed by atoms with Gasteiger partial charge < -0.3 is 4.55 Å². The van der Waals surface area contributed by atoms with Crippen LogP contribution in [0.1, 0.15) is 32.8 Å². The predicted octanol–water partition coefficient (Wildman–Crippen LogP) is 0.328. The van der Waals surface area contributed by atoms with Crippen molar-refractivity contribution >= 4 is 15.8 Å². The van der Waals surface area contributed by atoms with E-state index in [1.165, 1.54) is 15.6 Å². The van der Waals surface area contributed by atoms with Crippen LogP contribution in [0.15, 0.2) is 53.4 Å². The molecule has 0 atom stereocenters. The highest BCUT2D eigenvalue weighted by Crippen LogP contribution is 2.25. The Balaban J connectivity index is 0.000000251. The molecule has 0 amide bonds. The van der Waals surface area contributed by atoms with Crippen LogP contribution >= 0.6 is 0 Å². The summed E-state index contributed by atoms with van der Waals surface area (Å²) >= 11 is 2.06. The zero-order valence-electron chi connectivity index (χ0n) is 14.1. The van der Waals surface area contributed by atoms with Gasteiger partial charge in [-0.25, -0.2) is 8.42 Å². The summed E-state index contributed by atoms with van der Waals surface area (Å²) in [6.07, 6.45) is 1.19. The number of halogens is 1. The monoisotopic (exact) mass is 477 g/mol. The van der Waals surface area contributed by atoms with Crippen LogP contribution in [0.4, 0.5) is 5.69 Å². The molecule has 2 aromatic rings. The smallest absolute Gasteiger partial charge is 0.296 e. The van der Waals surface area contributed by atoms with Gasteiger partial charge in [-0.3, -0.25) is 10.1 Å². The summed E-state index contributed by atoms with van der Waals surface area (Å²) in [7, 11) is -4.52. The van der Waals surface area contributed by atoms with Gasteiger partial charge in [0.1, 0.15) is 10.1 Å². The molecule has 0 saturated carbocycles. The second kappa shape index (κ2) is 8.72. The number of non-ortho nitro benzene ring substituents is 1. The van der Waals surface area contributed by atoms with Crippen LogP contribution in [0.25, 0.3) is 0 Å². The van der Waals surface area contributed by atoms with E-state index in [4.69, 9.17) is 0 Å². The van der Waals surface area contributed by atoms with Gasteiger partial charge in [0.25, 0.3) is 28.3 Å². The van der Waals surface area contributed by atoms with Gasteiger partial charge in [0.05, 0.1) is 9.82 Å². The van der Waals surface area contributed by atoms with E-state index in [1.807, 2.05) is 0 Å². The summed E-state index contributed by atoms with van der Waals surface area (Å²) in [5, 5.41) is 10.1. The van der Waals surface area contributed by atoms with Gasteiger partial charge in [-0.2, -0.15) is 0 Å². The quantitative estimate of drug-likeness (QED) is 0.274. The van der Waals surface area contributed by atoms with E-state index in [9.17, 15) is 23.1 Å². The van der Waals surface area contributed by atoms with Crippen LogP contribution in [0.2, 0.25) is 0 Å². The number of rotatable bonds is 4. The first-order valence-corrected chi connectivity index (χ1v) is 10.0. The van der Waals surface area contributed by atoms with Gasteiger partial charge in [-0.15, -0.1) is 0 Å². The first-order valence-electron chi connectivity index (χ1n) is 7.45. The molecule has 0 aliphatic carbocycles. The molecular formula is C17H20INO5S. The Kier molecular flexibility index (Phi) is 7.51. The van der Waals surface area contributed by atoms with Crippen molar-refractivity contribution in [3.63, 3.8) is 0 Å². The van der Waals surface area contributed by atoms with E-state index in [0.717, 1.165) is 24.3 Å². The molecule has 0 unspecified atom stereocenters. The maximum absolute atomic E-state index is 10.4. The summed E-state index contributed by atoms with van der Waals surface area (Å²) in [6, 6.07) is 12.6. The van der Waals surface area contributed by atoms with Gasteiger partial charge >= 0.3 is 0 Å². The van der Waals surface area contributed by atoms with Gasteiger partial charge in [0.2, 0.25) is 0 Å². The van der Waals surface area contributed by atoms with Crippen LogP contribution in [0.5, 0.6) is 0 Å². The lowest BCUT2D eigenvalue weighted by Crippen LogP contribution is -3.34. The summed E-state index contributed by atoms with van der Waals surface area (Å²) in [6.45, 7) is 6.82. The molecule has 0 radical (unpaired) electrons. The van der Waals surface area contributed by atoms with Crippen molar-refractivity contribution in [1.29, 1.82) is 0 Å². The Hall–Kier alpha value is -1.52. The van der Waals surface area contributed by atoms with E-state index in [-0.39, 0.29) is 5.69 Å². The fourth-order valence-electron chi connectivity index (χ4n) is 1.84. The molecule has 0 aliphatic heterocycles. The van der Waals surface area contributed by atoms with Crippen molar-refractivity contribution < 1.29 is 40.5 Å². The van der Waals surface area contributed by atoms with Crippen LogP contribution < -0.4 is 22.6 Å². The molecule has 25 heavy (non-hydrogen) atoms. The topological polar surface area (TPSA) is 100 Å². The minimum atomic E-state index is -4.52. The fourth-order valence-corrected chi connectivity index (χ4v) is 2.70. The number of hydrogen-bond donors (Lipinski definition) is 0. The van der Waals surface area contributed by atoms with Crippen molar-refractivity contribution in [2.45, 2.75) is 37.5 Å². The molecule has 0 heterocycles. The van der Waals surface area contributed by atoms with Crippen LogP contribution in [-0.4, -0.2) is 17.9 Å². The minimum absolute atomic E-state index is 0.257. The third-order valence-corrected chi connectivity index (χ3v) is 5.48. The first-order chi connectivity index (χ1) is 11.5. The summed E-state index contributed by atoms with van der Waals surface area (Å²) in [5.74, 6) is 0. The number of benzene rings is 2. The molecule has 0 fully saturated rings. The third-order valence-electron chi connectivity index (χ3n) is 3.86. The maximum atomic E-state index is 10.4. The molecule has 0 aromatic heterocycles. The minimum Gasteiger partial charge on any atom is -0.744 e. The van der Waals surface area contributed by atoms with Crippen molar-refractivity contribution in [2.24, 2.45) is 0 Å². The number of nitro groups is 1. The lowest BCUT2D eigenvalue weighted by molar-refractivity contribution is -0.384. The van der Waals surface area contributed by atoms with E-state index < -0.39 is 19.9 Å². The number of nitrogens with zero attached hydrogens (tertiary/aromatic N) is 1. The zero-order chi connectivity index (χ0) is 19.3. The second-order valence-corrected chi connectivity index (χ2v) is 8.69. The highest BCUT2D eigenvalue weighted by molar-refractivity contribution is 7.85. The Bertz CT molecular complexity index is 815. The lowest BCUT2D eigenvalue weighted by Gasteiger charge is -2.22. The second-order valence-electron chi connectivity index (χ2n) is 5.97. The van der Waals surface area contributed by atoms with Crippen molar-refractivity contribution in [3.05, 3.63) is 67.8 Å². The van der Waals surface area contributed by atoms with Gasteiger partial charge in [-0.1, -0.05) is 32.9 Å². The van der Waals surface area contributed by atoms with E-state index >= 15 is 0 Å². The SMILES string of the molecule is CCC(C)(C)c1ccc([IH+])cc1.O=[N+]([O-])c1ccc(S(=O)(=O)[O-])cc1. The molecule has 136 valence electrons. The molecule has 0 N–H and O–H groups in total. The van der Waals surface area contributed by atoms with E-state index in [2.05, 4.69) is 67.6 Å². The molecule has 0 aliphatic rings. The van der Waals surface area contributed by atoms with Gasteiger partial charge in [0.15, 0.2) is 3.57 Å². The maximum Gasteiger partial charge on any atom is 0.296 e. The molecule has 8 heteroatoms. The average molecular weight is 477 g/mol. The zero-order valence-corrected chi connectivity index (χ0v) is 17.3. The number of nitro benzene ring substituents is 1. The van der Waals surface area contributed by atoms with Crippen LogP contribution in [0, 0.1) is 13.7 Å². The van der Waals surface area contributed by atoms with Crippen molar-refractivity contribution in [2.75, 3.05) is 0 Å². The standard InChI is InChI=1S/C11H16I.C6H5NO5S/c1-4-11(2,3)9-5-7-10(12)8-6-9;8-7(9)5-1-3-6(4-2-5)13(10,11)12/h5-8,12H,4H2,1-3H3;1-4H,(H,10,11,12)/q+1;/p-1. The van der Waals surface area contributed by atoms with Crippen LogP contribution in [-0.2, 0) is 15.5 Å². The van der Waals surface area contributed by atoms with Gasteiger partial charge in [-0.05, 0) is 41.7 Å². The van der Waals surface area contributed by atoms with E-state index in [1.54, 1.807) is 0 Å². The molecule has 0 spiro atoms. The molecule has 0 bridgehead atoms. The normalized spacial score (nSPS) is 11.4. The Morgan fingerprint density at radius 2 is 1.52 bits per heavy atom. The lowest BCUT2D eigenvalue weighted by atomic mass is 9.82. The Morgan fingerprint density at radius 1 is 1.04 bits per heavy atom. The summed E-state index contributed by atoms with van der Waals surface area (Å²) < 4.78 is 32.5. The van der Waals surface area contributed by atoms with Gasteiger partial charge in [0, 0.05) is 12.1 Å². The van der Waals surface area contributed by atoms with E-state index in [0.29, 0.717) is 5.41 Å². The average Bonchev–Trinajstić information content (AvgIpc) is 2.55. The fraction of sp³-hybridized carbons (Fsp3) is 0.294. The molecule has 0 saturated heterocycles. The van der Waals surface area contributed by atoms with Crippen molar-refractivity contribution in [1.82, 2.24) is 0 Å².